The first-order chi connectivity index (χ1) is 25.1. The topological polar surface area (TPSA) is 88.7 Å². The fraction of sp³-hybridized carbons (Fsp3) is 0.682. The van der Waals surface area contributed by atoms with Crippen LogP contribution in [0, 0.1) is 0 Å². The molecule has 288 valence electrons. The quantitative estimate of drug-likeness (QED) is 0.0624. The molecule has 7 nitrogen and oxygen atoms in total. The van der Waals surface area contributed by atoms with Crippen molar-refractivity contribution >= 4 is 11.4 Å². The second kappa shape index (κ2) is 31.7. The highest BCUT2D eigenvalue weighted by molar-refractivity contribution is 5.45. The van der Waals surface area contributed by atoms with Crippen LogP contribution in [0.5, 0.6) is 11.5 Å². The summed E-state index contributed by atoms with van der Waals surface area (Å²) in [7, 11) is 0. The van der Waals surface area contributed by atoms with Gasteiger partial charge in [0.1, 0.15) is 11.5 Å². The van der Waals surface area contributed by atoms with E-state index >= 15 is 0 Å². The molecule has 7 heteroatoms. The molecular formula is C44H73N3O4. The molecule has 2 rings (SSSR count). The Kier molecular flexibility index (Phi) is 27.4. The summed E-state index contributed by atoms with van der Waals surface area (Å²) in [5, 5.41) is 10.0. The Morgan fingerprint density at radius 2 is 0.725 bits per heavy atom. The molecule has 0 fully saturated rings. The van der Waals surface area contributed by atoms with E-state index in [2.05, 4.69) is 29.8 Å². The minimum atomic E-state index is -0.0253. The fourth-order valence-electron chi connectivity index (χ4n) is 6.14. The van der Waals surface area contributed by atoms with Crippen LogP contribution in [-0.4, -0.2) is 39.4 Å². The van der Waals surface area contributed by atoms with Gasteiger partial charge in [-0.05, 0) is 87.3 Å². The monoisotopic (exact) mass is 708 g/mol. The molecule has 0 amide bonds. The highest BCUT2D eigenvalue weighted by atomic mass is 16.5. The van der Waals surface area contributed by atoms with E-state index in [1.165, 1.54) is 116 Å². The van der Waals surface area contributed by atoms with Crippen molar-refractivity contribution in [3.63, 3.8) is 0 Å². The highest BCUT2D eigenvalue weighted by Gasteiger charge is 2.02. The number of rotatable bonds is 34. The summed E-state index contributed by atoms with van der Waals surface area (Å²) in [6.45, 7) is 9.02. The third-order valence-corrected chi connectivity index (χ3v) is 9.38. The average molecular weight is 708 g/mol. The molecule has 0 heterocycles. The van der Waals surface area contributed by atoms with Crippen LogP contribution in [0.25, 0.3) is 0 Å². The van der Waals surface area contributed by atoms with Crippen LogP contribution in [0.15, 0.2) is 58.1 Å². The zero-order valence-corrected chi connectivity index (χ0v) is 32.6. The van der Waals surface area contributed by atoms with E-state index in [0.717, 1.165) is 50.3 Å². The molecule has 2 aromatic rings. The zero-order valence-electron chi connectivity index (χ0n) is 32.6. The van der Waals surface area contributed by atoms with Crippen LogP contribution in [0.1, 0.15) is 155 Å². The van der Waals surface area contributed by atoms with E-state index in [0.29, 0.717) is 37.7 Å². The van der Waals surface area contributed by atoms with Gasteiger partial charge in [-0.3, -0.25) is 9.59 Å². The van der Waals surface area contributed by atoms with Crippen LogP contribution in [-0.2, 0) is 0 Å². The zero-order chi connectivity index (χ0) is 36.5. The lowest BCUT2D eigenvalue weighted by Crippen LogP contribution is -2.22. The average Bonchev–Trinajstić information content (AvgIpc) is 3.43. The maximum Gasteiger partial charge on any atom is 0.201 e. The second-order valence-electron chi connectivity index (χ2n) is 14.1. The molecule has 0 aliphatic rings. The standard InChI is InChI=1S/C44H73N3O4/c1-3-5-7-9-11-13-15-17-19-21-37-50-39-25-29-41(43(48)31-27-39)46-35-23-33-45-34-24-36-47-42-30-26-40(28-32-44(42)49)51-38-22-20-18-16-14-12-10-8-6-4-2/h25-32,45H,3-24,33-38H2,1-2H3,(H,46,48)(H,47,49). The van der Waals surface area contributed by atoms with Gasteiger partial charge in [-0.15, -0.1) is 0 Å². The Bertz CT molecular complexity index is 1150. The first-order valence-electron chi connectivity index (χ1n) is 20.9. The van der Waals surface area contributed by atoms with Crippen LogP contribution in [0.3, 0.4) is 0 Å². The van der Waals surface area contributed by atoms with Gasteiger partial charge in [-0.2, -0.15) is 0 Å². The lowest BCUT2D eigenvalue weighted by molar-refractivity contribution is 0.304. The molecule has 3 N–H and O–H groups in total. The van der Waals surface area contributed by atoms with Crippen molar-refractivity contribution in [1.82, 2.24) is 5.32 Å². The SMILES string of the molecule is CCCCCCCCCCCCOc1ccc(NCCCNCCCNc2ccc(OCCCCCCCCCCCC)ccc2=O)c(=O)cc1. The van der Waals surface area contributed by atoms with Crippen molar-refractivity contribution in [2.75, 3.05) is 50.0 Å². The summed E-state index contributed by atoms with van der Waals surface area (Å²) < 4.78 is 11.8. The Hall–Kier alpha value is -3.06. The third kappa shape index (κ3) is 23.9. The predicted molar refractivity (Wildman–Crippen MR) is 219 cm³/mol. The van der Waals surface area contributed by atoms with Crippen molar-refractivity contribution in [3.05, 3.63) is 69.0 Å². The van der Waals surface area contributed by atoms with Crippen LogP contribution < -0.4 is 36.3 Å². The summed E-state index contributed by atoms with van der Waals surface area (Å²) in [4.78, 5) is 25.0. The molecule has 0 atom stereocenters. The molecule has 51 heavy (non-hydrogen) atoms. The smallest absolute Gasteiger partial charge is 0.201 e. The Balaban J connectivity index is 1.49. The summed E-state index contributed by atoms with van der Waals surface area (Å²) in [5.41, 5.74) is 1.15. The molecule has 0 radical (unpaired) electrons. The molecule has 0 saturated carbocycles. The maximum absolute atomic E-state index is 12.5. The summed E-state index contributed by atoms with van der Waals surface area (Å²) in [6, 6.07) is 14.2. The summed E-state index contributed by atoms with van der Waals surface area (Å²) >= 11 is 0. The van der Waals surface area contributed by atoms with Gasteiger partial charge in [-0.25, -0.2) is 0 Å². The number of nitrogens with one attached hydrogen (secondary N) is 3. The number of unbranched alkanes of at least 4 members (excludes halogenated alkanes) is 18. The van der Waals surface area contributed by atoms with Gasteiger partial charge in [-0.1, -0.05) is 129 Å². The van der Waals surface area contributed by atoms with Gasteiger partial charge in [0.15, 0.2) is 0 Å². The van der Waals surface area contributed by atoms with Crippen molar-refractivity contribution in [3.8, 4) is 11.5 Å². The van der Waals surface area contributed by atoms with Crippen LogP contribution in [0.2, 0.25) is 0 Å². The summed E-state index contributed by atoms with van der Waals surface area (Å²) in [6.07, 6.45) is 27.8. The Morgan fingerprint density at radius 1 is 0.392 bits per heavy atom. The Morgan fingerprint density at radius 3 is 1.10 bits per heavy atom. The van der Waals surface area contributed by atoms with Crippen molar-refractivity contribution in [1.29, 1.82) is 0 Å². The molecular weight excluding hydrogens is 635 g/mol. The van der Waals surface area contributed by atoms with E-state index in [-0.39, 0.29) is 10.9 Å². The van der Waals surface area contributed by atoms with Gasteiger partial charge in [0.25, 0.3) is 0 Å². The molecule has 0 aliphatic carbocycles. The highest BCUT2D eigenvalue weighted by Crippen LogP contribution is 2.15. The molecule has 0 bridgehead atoms. The number of hydrogen-bond donors (Lipinski definition) is 3. The molecule has 0 saturated heterocycles. The first-order valence-corrected chi connectivity index (χ1v) is 20.9. The van der Waals surface area contributed by atoms with Gasteiger partial charge in [0, 0.05) is 13.1 Å². The van der Waals surface area contributed by atoms with Crippen LogP contribution in [0.4, 0.5) is 11.4 Å². The first kappa shape index (κ1) is 44.1. The molecule has 0 aromatic heterocycles. The molecule has 0 aliphatic heterocycles. The predicted octanol–water partition coefficient (Wildman–Crippen LogP) is 10.9. The van der Waals surface area contributed by atoms with E-state index in [4.69, 9.17) is 9.47 Å². The van der Waals surface area contributed by atoms with Gasteiger partial charge >= 0.3 is 0 Å². The molecule has 0 unspecified atom stereocenters. The van der Waals surface area contributed by atoms with E-state index in [1.54, 1.807) is 24.3 Å². The van der Waals surface area contributed by atoms with E-state index in [9.17, 15) is 9.59 Å². The minimum absolute atomic E-state index is 0.0253. The van der Waals surface area contributed by atoms with E-state index < -0.39 is 0 Å². The minimum Gasteiger partial charge on any atom is -0.494 e. The van der Waals surface area contributed by atoms with E-state index in [1.807, 2.05) is 24.3 Å². The van der Waals surface area contributed by atoms with Gasteiger partial charge < -0.3 is 25.4 Å². The van der Waals surface area contributed by atoms with Crippen molar-refractivity contribution in [2.45, 2.75) is 155 Å². The number of hydrogen-bond acceptors (Lipinski definition) is 7. The van der Waals surface area contributed by atoms with Crippen molar-refractivity contribution in [2.24, 2.45) is 0 Å². The van der Waals surface area contributed by atoms with Crippen molar-refractivity contribution < 1.29 is 9.47 Å². The largest absolute Gasteiger partial charge is 0.494 e. The molecule has 2 aromatic carbocycles. The Labute approximate surface area is 311 Å². The lowest BCUT2D eigenvalue weighted by atomic mass is 10.1. The lowest BCUT2D eigenvalue weighted by Gasteiger charge is -2.07. The maximum atomic E-state index is 12.5. The van der Waals surface area contributed by atoms with Gasteiger partial charge in [0.05, 0.1) is 24.6 Å². The summed E-state index contributed by atoms with van der Waals surface area (Å²) in [5.74, 6) is 1.49. The normalized spacial score (nSPS) is 11.0. The second-order valence-corrected chi connectivity index (χ2v) is 14.1. The van der Waals surface area contributed by atoms with Crippen LogP contribution >= 0.6 is 0 Å². The third-order valence-electron chi connectivity index (χ3n) is 9.38. The number of ether oxygens (including phenoxy) is 2. The van der Waals surface area contributed by atoms with Gasteiger partial charge in [0.2, 0.25) is 10.9 Å². The molecule has 0 spiro atoms. The fourth-order valence-corrected chi connectivity index (χ4v) is 6.14. The number of anilines is 2.